The van der Waals surface area contributed by atoms with Crippen LogP contribution in [0.4, 0.5) is 0 Å². The normalized spacial score (nSPS) is 11.7. The summed E-state index contributed by atoms with van der Waals surface area (Å²) in [4.78, 5) is 18.5. The number of thiophene rings is 1. The van der Waals surface area contributed by atoms with Crippen molar-refractivity contribution in [1.82, 2.24) is 30.4 Å². The van der Waals surface area contributed by atoms with Crippen LogP contribution in [0.15, 0.2) is 71.0 Å². The SMILES string of the molecule is CCc1nn(Cc2ccc(-c3ccccc3-c3nn[nH]n3)cc2)c(=NC(=O)Cc2cccs2)s1. The van der Waals surface area contributed by atoms with E-state index in [2.05, 4.69) is 61.9 Å². The Labute approximate surface area is 203 Å². The maximum Gasteiger partial charge on any atom is 0.253 e. The molecule has 0 aliphatic carbocycles. The molecule has 0 aliphatic rings. The van der Waals surface area contributed by atoms with Crippen molar-refractivity contribution >= 4 is 28.6 Å². The maximum absolute atomic E-state index is 12.5. The molecule has 0 saturated carbocycles. The number of aromatic nitrogens is 6. The highest BCUT2D eigenvalue weighted by atomic mass is 32.1. The smallest absolute Gasteiger partial charge is 0.253 e. The van der Waals surface area contributed by atoms with Crippen molar-refractivity contribution in [3.8, 4) is 22.5 Å². The molecule has 10 heteroatoms. The Balaban J connectivity index is 1.40. The zero-order chi connectivity index (χ0) is 23.3. The average Bonchev–Trinajstić information content (AvgIpc) is 3.63. The summed E-state index contributed by atoms with van der Waals surface area (Å²) in [5.74, 6) is 0.402. The van der Waals surface area contributed by atoms with Gasteiger partial charge in [-0.1, -0.05) is 72.9 Å². The molecule has 0 saturated heterocycles. The molecule has 0 spiro atoms. The minimum Gasteiger partial charge on any atom is -0.272 e. The van der Waals surface area contributed by atoms with Gasteiger partial charge >= 0.3 is 0 Å². The highest BCUT2D eigenvalue weighted by Crippen LogP contribution is 2.29. The van der Waals surface area contributed by atoms with Crippen molar-refractivity contribution in [3.63, 3.8) is 0 Å². The average molecular weight is 488 g/mol. The van der Waals surface area contributed by atoms with Crippen LogP contribution >= 0.6 is 22.7 Å². The summed E-state index contributed by atoms with van der Waals surface area (Å²) < 4.78 is 1.82. The summed E-state index contributed by atoms with van der Waals surface area (Å²) in [5.41, 5.74) is 4.06. The Hall–Kier alpha value is -3.76. The Morgan fingerprint density at radius 3 is 2.59 bits per heavy atom. The van der Waals surface area contributed by atoms with Gasteiger partial charge in [0.15, 0.2) is 0 Å². The zero-order valence-electron chi connectivity index (χ0n) is 18.4. The largest absolute Gasteiger partial charge is 0.272 e. The van der Waals surface area contributed by atoms with E-state index in [0.29, 0.717) is 23.6 Å². The van der Waals surface area contributed by atoms with Crippen molar-refractivity contribution < 1.29 is 4.79 Å². The van der Waals surface area contributed by atoms with Gasteiger partial charge in [0, 0.05) is 10.4 Å². The predicted molar refractivity (Wildman–Crippen MR) is 132 cm³/mol. The van der Waals surface area contributed by atoms with Crippen LogP contribution < -0.4 is 4.80 Å². The van der Waals surface area contributed by atoms with Gasteiger partial charge in [-0.3, -0.25) is 4.79 Å². The Morgan fingerprint density at radius 1 is 1.06 bits per heavy atom. The quantitative estimate of drug-likeness (QED) is 0.372. The van der Waals surface area contributed by atoms with Gasteiger partial charge in [-0.05, 0) is 39.8 Å². The Bertz CT molecular complexity index is 1450. The second kappa shape index (κ2) is 10.0. The van der Waals surface area contributed by atoms with Crippen molar-refractivity contribution in [3.05, 3.63) is 86.3 Å². The number of hydrogen-bond acceptors (Lipinski definition) is 7. The van der Waals surface area contributed by atoms with Crippen LogP contribution in [-0.2, 0) is 24.2 Å². The summed E-state index contributed by atoms with van der Waals surface area (Å²) in [5, 5.41) is 22.0. The number of amides is 1. The number of aromatic amines is 1. The molecule has 0 aliphatic heterocycles. The second-order valence-electron chi connectivity index (χ2n) is 7.53. The minimum atomic E-state index is -0.157. The summed E-state index contributed by atoms with van der Waals surface area (Å²) in [6.07, 6.45) is 1.11. The number of benzene rings is 2. The predicted octanol–water partition coefficient (Wildman–Crippen LogP) is 4.13. The van der Waals surface area contributed by atoms with Gasteiger partial charge in [0.1, 0.15) is 5.01 Å². The van der Waals surface area contributed by atoms with Crippen LogP contribution in [-0.4, -0.2) is 36.3 Å². The second-order valence-corrected chi connectivity index (χ2v) is 9.60. The summed E-state index contributed by atoms with van der Waals surface area (Å²) in [6, 6.07) is 20.1. The molecular weight excluding hydrogens is 466 g/mol. The van der Waals surface area contributed by atoms with Gasteiger partial charge in [0.05, 0.1) is 13.0 Å². The van der Waals surface area contributed by atoms with Crippen LogP contribution in [0.1, 0.15) is 22.4 Å². The van der Waals surface area contributed by atoms with E-state index in [9.17, 15) is 4.79 Å². The summed E-state index contributed by atoms with van der Waals surface area (Å²) in [7, 11) is 0. The van der Waals surface area contributed by atoms with Gasteiger partial charge in [-0.25, -0.2) is 4.68 Å². The van der Waals surface area contributed by atoms with Crippen LogP contribution in [0.3, 0.4) is 0 Å². The molecule has 1 amide bonds. The first kappa shape index (κ1) is 22.1. The van der Waals surface area contributed by atoms with E-state index in [4.69, 9.17) is 0 Å². The van der Waals surface area contributed by atoms with Gasteiger partial charge in [-0.2, -0.15) is 15.3 Å². The molecular formula is C24H21N7OS2. The number of carbonyl (C=O) groups is 1. The number of aryl methyl sites for hydroxylation is 1. The lowest BCUT2D eigenvalue weighted by molar-refractivity contribution is -0.117. The Kier molecular flexibility index (Phi) is 6.50. The lowest BCUT2D eigenvalue weighted by Gasteiger charge is -2.08. The molecule has 5 rings (SSSR count). The number of H-pyrrole nitrogens is 1. The first-order valence-corrected chi connectivity index (χ1v) is 12.5. The maximum atomic E-state index is 12.5. The third-order valence-electron chi connectivity index (χ3n) is 5.20. The molecule has 5 aromatic rings. The highest BCUT2D eigenvalue weighted by Gasteiger charge is 2.12. The van der Waals surface area contributed by atoms with Gasteiger partial charge in [0.2, 0.25) is 10.6 Å². The van der Waals surface area contributed by atoms with Gasteiger partial charge < -0.3 is 0 Å². The molecule has 8 nitrogen and oxygen atoms in total. The molecule has 0 bridgehead atoms. The van der Waals surface area contributed by atoms with Crippen molar-refractivity contribution in [2.75, 3.05) is 0 Å². The first-order valence-electron chi connectivity index (χ1n) is 10.8. The van der Waals surface area contributed by atoms with Crippen LogP contribution in [0, 0.1) is 0 Å². The number of hydrogen-bond donors (Lipinski definition) is 1. The lowest BCUT2D eigenvalue weighted by atomic mass is 9.98. The molecule has 0 fully saturated rings. The standard InChI is InChI=1S/C24H21N7OS2/c1-2-22-28-31(24(34-22)25-21(32)14-18-6-5-13-33-18)15-16-9-11-17(12-10-16)19-7-3-4-8-20(19)23-26-29-30-27-23/h3-13H,2,14-15H2,1H3,(H,26,27,29,30). The molecule has 34 heavy (non-hydrogen) atoms. The highest BCUT2D eigenvalue weighted by molar-refractivity contribution is 7.10. The number of carbonyl (C=O) groups excluding carboxylic acids is 1. The van der Waals surface area contributed by atoms with E-state index < -0.39 is 0 Å². The zero-order valence-corrected chi connectivity index (χ0v) is 20.0. The van der Waals surface area contributed by atoms with Crippen LogP contribution in [0.25, 0.3) is 22.5 Å². The van der Waals surface area contributed by atoms with Crippen molar-refractivity contribution in [2.24, 2.45) is 4.99 Å². The third-order valence-corrected chi connectivity index (χ3v) is 7.17. The van der Waals surface area contributed by atoms with Gasteiger partial charge in [0.25, 0.3) is 5.91 Å². The van der Waals surface area contributed by atoms with E-state index in [1.165, 1.54) is 11.3 Å². The van der Waals surface area contributed by atoms with Crippen LogP contribution in [0.2, 0.25) is 0 Å². The third kappa shape index (κ3) is 4.92. The fraction of sp³-hybridized carbons (Fsp3) is 0.167. The minimum absolute atomic E-state index is 0.157. The topological polar surface area (TPSA) is 102 Å². The molecule has 3 heterocycles. The fourth-order valence-corrected chi connectivity index (χ4v) is 5.11. The number of nitrogens with one attached hydrogen (secondary N) is 1. The lowest BCUT2D eigenvalue weighted by Crippen LogP contribution is -2.19. The van der Waals surface area contributed by atoms with E-state index in [-0.39, 0.29) is 5.91 Å². The molecule has 0 radical (unpaired) electrons. The molecule has 3 aromatic heterocycles. The summed E-state index contributed by atoms with van der Waals surface area (Å²) in [6.45, 7) is 2.59. The Morgan fingerprint density at radius 2 is 1.88 bits per heavy atom. The molecule has 0 atom stereocenters. The monoisotopic (exact) mass is 487 g/mol. The van der Waals surface area contributed by atoms with E-state index in [1.54, 1.807) is 11.3 Å². The number of nitrogens with zero attached hydrogens (tertiary/aromatic N) is 6. The molecule has 1 N–H and O–H groups in total. The van der Waals surface area contributed by atoms with Crippen LogP contribution in [0.5, 0.6) is 0 Å². The van der Waals surface area contributed by atoms with Crippen molar-refractivity contribution in [1.29, 1.82) is 0 Å². The van der Waals surface area contributed by atoms with E-state index >= 15 is 0 Å². The van der Waals surface area contributed by atoms with Crippen molar-refractivity contribution in [2.45, 2.75) is 26.3 Å². The molecule has 2 aromatic carbocycles. The van der Waals surface area contributed by atoms with Gasteiger partial charge in [-0.15, -0.1) is 21.5 Å². The van der Waals surface area contributed by atoms with E-state index in [0.717, 1.165) is 38.6 Å². The number of rotatable bonds is 7. The summed E-state index contributed by atoms with van der Waals surface area (Å²) >= 11 is 3.03. The molecule has 0 unspecified atom stereocenters. The molecule has 170 valence electrons. The number of tetrazole rings is 1. The fourth-order valence-electron chi connectivity index (χ4n) is 3.56. The van der Waals surface area contributed by atoms with E-state index in [1.807, 2.05) is 46.5 Å². The first-order chi connectivity index (χ1) is 16.7.